The lowest BCUT2D eigenvalue weighted by Crippen LogP contribution is -2.26. The maximum absolute atomic E-state index is 8.22. The molecule has 0 aliphatic heterocycles. The van der Waals surface area contributed by atoms with Crippen molar-refractivity contribution in [1.82, 2.24) is 0 Å². The second-order valence-corrected chi connectivity index (χ2v) is 2.63. The number of hydrogen-bond acceptors (Lipinski definition) is 2. The van der Waals surface area contributed by atoms with Crippen molar-refractivity contribution >= 4 is 15.9 Å². The molecule has 0 spiro atoms. The predicted octanol–water partition coefficient (Wildman–Crippen LogP) is 0.00600. The van der Waals surface area contributed by atoms with Crippen molar-refractivity contribution in [2.75, 3.05) is 0 Å². The number of rotatable bonds is 0. The number of nitrogens with two attached hydrogens (primary N) is 1. The van der Waals surface area contributed by atoms with Gasteiger partial charge in [-0.15, -0.1) is 0 Å². The number of alkyl halides is 1. The van der Waals surface area contributed by atoms with Gasteiger partial charge >= 0.3 is 0 Å². The average Bonchev–Trinajstić information content (AvgIpc) is 0.722. The summed E-state index contributed by atoms with van der Waals surface area (Å²) in [7, 11) is 0. The van der Waals surface area contributed by atoms with Gasteiger partial charge in [0.05, 0.1) is 0 Å². The van der Waals surface area contributed by atoms with Gasteiger partial charge in [0, 0.05) is 0 Å². The number of aliphatic hydroxyl groups is 1. The van der Waals surface area contributed by atoms with Gasteiger partial charge < -0.3 is 5.11 Å². The second kappa shape index (κ2) is 1.24. The molecule has 0 aromatic carbocycles. The Balaban J connectivity index is 3.02. The molecule has 0 aromatic rings. The minimum atomic E-state index is -1.19. The molecule has 0 aliphatic carbocycles. The van der Waals surface area contributed by atoms with E-state index in [2.05, 4.69) is 15.9 Å². The quantitative estimate of drug-likeness (QED) is 0.282. The topological polar surface area (TPSA) is 46.2 Å². The van der Waals surface area contributed by atoms with E-state index < -0.39 is 4.63 Å². The van der Waals surface area contributed by atoms with E-state index in [0.29, 0.717) is 0 Å². The Bertz CT molecular complexity index is 25.1. The third kappa shape index (κ3) is 158. The molecule has 3 N–H and O–H groups in total. The van der Waals surface area contributed by atoms with Gasteiger partial charge in [-0.05, 0) is 22.9 Å². The molecule has 1 atom stereocenters. The lowest BCUT2D eigenvalue weighted by molar-refractivity contribution is 0.174. The van der Waals surface area contributed by atoms with Gasteiger partial charge in [0.1, 0.15) is 0 Å². The van der Waals surface area contributed by atoms with Crippen LogP contribution in [0.15, 0.2) is 0 Å². The molecule has 5 heavy (non-hydrogen) atoms. The molecule has 0 aliphatic rings. The van der Waals surface area contributed by atoms with E-state index in [1.807, 2.05) is 0 Å². The van der Waals surface area contributed by atoms with Crippen LogP contribution >= 0.6 is 15.9 Å². The van der Waals surface area contributed by atoms with Gasteiger partial charge in [0.25, 0.3) is 0 Å². The van der Waals surface area contributed by atoms with Crippen LogP contribution in [0.1, 0.15) is 6.92 Å². The smallest absolute Gasteiger partial charge is 0.167 e. The van der Waals surface area contributed by atoms with Crippen molar-refractivity contribution in [3.05, 3.63) is 0 Å². The Labute approximate surface area is 39.1 Å². The van der Waals surface area contributed by atoms with E-state index in [0.717, 1.165) is 0 Å². The van der Waals surface area contributed by atoms with E-state index in [1.165, 1.54) is 6.92 Å². The van der Waals surface area contributed by atoms with Gasteiger partial charge in [-0.2, -0.15) is 0 Å². The van der Waals surface area contributed by atoms with Crippen LogP contribution in [0.3, 0.4) is 0 Å². The van der Waals surface area contributed by atoms with Crippen LogP contribution in [0.25, 0.3) is 0 Å². The maximum Gasteiger partial charge on any atom is 0.167 e. The van der Waals surface area contributed by atoms with Crippen LogP contribution in [0.2, 0.25) is 0 Å². The number of halogens is 1. The predicted molar refractivity (Wildman–Crippen MR) is 23.7 cm³/mol. The normalized spacial score (nSPS) is 21.6. The van der Waals surface area contributed by atoms with Gasteiger partial charge in [0.15, 0.2) is 4.63 Å². The molecule has 0 saturated heterocycles. The minimum Gasteiger partial charge on any atom is -0.367 e. The highest BCUT2D eigenvalue weighted by atomic mass is 79.9. The van der Waals surface area contributed by atoms with E-state index in [-0.39, 0.29) is 0 Å². The van der Waals surface area contributed by atoms with Crippen molar-refractivity contribution in [3.8, 4) is 0 Å². The molecule has 0 fully saturated rings. The van der Waals surface area contributed by atoms with Crippen molar-refractivity contribution in [2.24, 2.45) is 5.73 Å². The molecule has 0 radical (unpaired) electrons. The molecule has 0 heterocycles. The third-order valence-electron chi connectivity index (χ3n) is 0. The average molecular weight is 140 g/mol. The molecule has 32 valence electrons. The van der Waals surface area contributed by atoms with Crippen molar-refractivity contribution < 1.29 is 5.11 Å². The zero-order chi connectivity index (χ0) is 4.50. The SMILES string of the molecule is CC(N)(O)Br. The zero-order valence-corrected chi connectivity index (χ0v) is 4.49. The first-order valence-electron chi connectivity index (χ1n) is 1.20. The van der Waals surface area contributed by atoms with Gasteiger partial charge in [0.2, 0.25) is 0 Å². The van der Waals surface area contributed by atoms with Crippen LogP contribution < -0.4 is 5.73 Å². The highest BCUT2D eigenvalue weighted by Crippen LogP contribution is 1.99. The first-order valence-corrected chi connectivity index (χ1v) is 1.99. The molecule has 0 rings (SSSR count). The first kappa shape index (κ1) is 5.40. The summed E-state index contributed by atoms with van der Waals surface area (Å²) in [4.78, 5) is 0. The lowest BCUT2D eigenvalue weighted by Gasteiger charge is -2.02. The summed E-state index contributed by atoms with van der Waals surface area (Å²) >= 11 is 2.71. The first-order chi connectivity index (χ1) is 2.00. The van der Waals surface area contributed by atoms with Crippen LogP contribution in [-0.2, 0) is 0 Å². The van der Waals surface area contributed by atoms with E-state index in [4.69, 9.17) is 10.8 Å². The Morgan fingerprint density at radius 2 is 2.00 bits per heavy atom. The zero-order valence-electron chi connectivity index (χ0n) is 2.90. The lowest BCUT2D eigenvalue weighted by atomic mass is 10.7. The van der Waals surface area contributed by atoms with Crippen LogP contribution in [0.5, 0.6) is 0 Å². The van der Waals surface area contributed by atoms with Gasteiger partial charge in [-0.1, -0.05) is 0 Å². The monoisotopic (exact) mass is 139 g/mol. The molecular formula is C2H6BrNO. The summed E-state index contributed by atoms with van der Waals surface area (Å²) in [5.41, 5.74) is 4.83. The number of hydrogen-bond donors (Lipinski definition) is 2. The molecule has 0 saturated carbocycles. The van der Waals surface area contributed by atoms with Crippen LogP contribution in [-0.4, -0.2) is 9.74 Å². The molecule has 0 bridgehead atoms. The summed E-state index contributed by atoms with van der Waals surface area (Å²) in [6.45, 7) is 1.44. The molecule has 2 nitrogen and oxygen atoms in total. The maximum atomic E-state index is 8.22. The van der Waals surface area contributed by atoms with Gasteiger partial charge in [-0.25, -0.2) is 0 Å². The largest absolute Gasteiger partial charge is 0.367 e. The van der Waals surface area contributed by atoms with Crippen LogP contribution in [0, 0.1) is 0 Å². The van der Waals surface area contributed by atoms with E-state index >= 15 is 0 Å². The van der Waals surface area contributed by atoms with Crippen molar-refractivity contribution in [2.45, 2.75) is 11.6 Å². The standard InChI is InChI=1S/C2H6BrNO/c1-2(3,4)5/h5H,4H2,1H3. The van der Waals surface area contributed by atoms with E-state index in [1.54, 1.807) is 0 Å². The fourth-order valence-electron chi connectivity index (χ4n) is 0. The fourth-order valence-corrected chi connectivity index (χ4v) is 0. The highest BCUT2D eigenvalue weighted by Gasteiger charge is 2.01. The van der Waals surface area contributed by atoms with Crippen LogP contribution in [0.4, 0.5) is 0 Å². The summed E-state index contributed by atoms with van der Waals surface area (Å²) in [6.07, 6.45) is 0. The Morgan fingerprint density at radius 1 is 2.00 bits per heavy atom. The molecule has 0 aromatic heterocycles. The summed E-state index contributed by atoms with van der Waals surface area (Å²) in [6, 6.07) is 0. The fraction of sp³-hybridized carbons (Fsp3) is 1.00. The van der Waals surface area contributed by atoms with Crippen molar-refractivity contribution in [1.29, 1.82) is 0 Å². The highest BCUT2D eigenvalue weighted by molar-refractivity contribution is 9.10. The molecular weight excluding hydrogens is 134 g/mol. The molecule has 0 amide bonds. The Hall–Kier alpha value is 0.400. The Kier molecular flexibility index (Phi) is 1.34. The van der Waals surface area contributed by atoms with Crippen molar-refractivity contribution in [3.63, 3.8) is 0 Å². The van der Waals surface area contributed by atoms with Gasteiger partial charge in [-0.3, -0.25) is 5.73 Å². The summed E-state index contributed by atoms with van der Waals surface area (Å²) in [5, 5.41) is 8.22. The second-order valence-electron chi connectivity index (χ2n) is 1.02. The molecule has 1 unspecified atom stereocenters. The Morgan fingerprint density at radius 3 is 2.00 bits per heavy atom. The molecule has 3 heteroatoms. The summed E-state index contributed by atoms with van der Waals surface area (Å²) < 4.78 is -1.19. The minimum absolute atomic E-state index is 1.19. The third-order valence-corrected chi connectivity index (χ3v) is 0. The summed E-state index contributed by atoms with van der Waals surface area (Å²) in [5.74, 6) is 0. The van der Waals surface area contributed by atoms with E-state index in [9.17, 15) is 0 Å².